The molecule has 104 valence electrons. The number of hydrogen-bond donors (Lipinski definition) is 1. The van der Waals surface area contributed by atoms with Gasteiger partial charge in [0.05, 0.1) is 12.8 Å². The van der Waals surface area contributed by atoms with Gasteiger partial charge in [-0.05, 0) is 29.4 Å². The number of sulfonamides is 1. The van der Waals surface area contributed by atoms with Crippen LogP contribution in [0.3, 0.4) is 0 Å². The van der Waals surface area contributed by atoms with Gasteiger partial charge in [-0.3, -0.25) is 4.72 Å². The predicted octanol–water partition coefficient (Wildman–Crippen LogP) is 2.89. The molecule has 0 saturated carbocycles. The van der Waals surface area contributed by atoms with E-state index in [0.29, 0.717) is 11.4 Å². The van der Waals surface area contributed by atoms with Crippen molar-refractivity contribution in [3.05, 3.63) is 53.4 Å². The zero-order valence-corrected chi connectivity index (χ0v) is 11.4. The highest BCUT2D eigenvalue weighted by Crippen LogP contribution is 2.26. The van der Waals surface area contributed by atoms with E-state index in [1.54, 1.807) is 24.3 Å². The fourth-order valence-corrected chi connectivity index (χ4v) is 2.84. The third-order valence-corrected chi connectivity index (χ3v) is 4.00. The summed E-state index contributed by atoms with van der Waals surface area (Å²) in [7, 11) is -2.40. The lowest BCUT2D eigenvalue weighted by atomic mass is 10.3. The molecule has 0 atom stereocenters. The van der Waals surface area contributed by atoms with Crippen LogP contribution in [0.5, 0.6) is 5.75 Å². The molecule has 0 unspecified atom stereocenters. The summed E-state index contributed by atoms with van der Waals surface area (Å²) in [5.41, 5.74) is 0.202. The third-order valence-electron chi connectivity index (χ3n) is 2.58. The van der Waals surface area contributed by atoms with Crippen LogP contribution in [0.2, 0.25) is 0 Å². The van der Waals surface area contributed by atoms with E-state index in [4.69, 9.17) is 4.74 Å². The van der Waals surface area contributed by atoms with Crippen molar-refractivity contribution in [2.24, 2.45) is 5.18 Å². The number of benzene rings is 2. The van der Waals surface area contributed by atoms with Crippen LogP contribution in [-0.4, -0.2) is 15.5 Å². The average molecular weight is 292 g/mol. The molecule has 0 fully saturated rings. The summed E-state index contributed by atoms with van der Waals surface area (Å²) in [5.74, 6) is 0.520. The van der Waals surface area contributed by atoms with E-state index in [0.717, 1.165) is 0 Å². The molecule has 2 rings (SSSR count). The summed E-state index contributed by atoms with van der Waals surface area (Å²) in [6.07, 6.45) is 0. The molecular weight excluding hydrogens is 280 g/mol. The molecule has 0 radical (unpaired) electrons. The predicted molar refractivity (Wildman–Crippen MR) is 75.7 cm³/mol. The van der Waals surface area contributed by atoms with Crippen molar-refractivity contribution in [3.63, 3.8) is 0 Å². The Hall–Kier alpha value is -2.41. The summed E-state index contributed by atoms with van der Waals surface area (Å²) in [6.45, 7) is 0. The SMILES string of the molecule is COc1cccc(NS(=O)(=O)c2ccccc2N=O)c1. The molecule has 7 heteroatoms. The van der Waals surface area contributed by atoms with Crippen LogP contribution in [0, 0.1) is 4.91 Å². The molecule has 0 spiro atoms. The Morgan fingerprint density at radius 3 is 2.55 bits per heavy atom. The van der Waals surface area contributed by atoms with Gasteiger partial charge in [0.2, 0.25) is 0 Å². The molecule has 1 N–H and O–H groups in total. The Kier molecular flexibility index (Phi) is 3.99. The minimum atomic E-state index is -3.88. The first-order valence-corrected chi connectivity index (χ1v) is 7.14. The van der Waals surface area contributed by atoms with Crippen molar-refractivity contribution in [1.29, 1.82) is 0 Å². The van der Waals surface area contributed by atoms with Gasteiger partial charge in [0, 0.05) is 6.07 Å². The summed E-state index contributed by atoms with van der Waals surface area (Å²) < 4.78 is 31.9. The Labute approximate surface area is 116 Å². The number of nitrogens with one attached hydrogen (secondary N) is 1. The zero-order valence-electron chi connectivity index (χ0n) is 10.6. The number of methoxy groups -OCH3 is 1. The summed E-state index contributed by atoms with van der Waals surface area (Å²) in [4.78, 5) is 10.5. The number of anilines is 1. The topological polar surface area (TPSA) is 84.8 Å². The zero-order chi connectivity index (χ0) is 14.6. The normalized spacial score (nSPS) is 10.8. The molecule has 0 aliphatic rings. The first-order valence-electron chi connectivity index (χ1n) is 5.66. The lowest BCUT2D eigenvalue weighted by Crippen LogP contribution is -2.13. The van der Waals surface area contributed by atoms with E-state index in [-0.39, 0.29) is 10.6 Å². The average Bonchev–Trinajstić information content (AvgIpc) is 2.47. The fraction of sp³-hybridized carbons (Fsp3) is 0.0769. The minimum absolute atomic E-state index is 0.136. The first kappa shape index (κ1) is 14.0. The molecule has 20 heavy (non-hydrogen) atoms. The van der Waals surface area contributed by atoms with Gasteiger partial charge in [-0.1, -0.05) is 18.2 Å². The maximum Gasteiger partial charge on any atom is 0.264 e. The standard InChI is InChI=1S/C13H12N2O4S/c1-19-11-6-4-5-10(9-11)15-20(17,18)13-8-3-2-7-12(13)14-16/h2-9,15H,1H3. The number of nitroso groups, excluding NO2 is 1. The minimum Gasteiger partial charge on any atom is -0.497 e. The van der Waals surface area contributed by atoms with Crippen LogP contribution in [0.25, 0.3) is 0 Å². The summed E-state index contributed by atoms with van der Waals surface area (Å²) in [6, 6.07) is 12.2. The van der Waals surface area contributed by atoms with Crippen LogP contribution in [0.4, 0.5) is 11.4 Å². The highest BCUT2D eigenvalue weighted by atomic mass is 32.2. The van der Waals surface area contributed by atoms with E-state index in [1.165, 1.54) is 31.4 Å². The molecular formula is C13H12N2O4S. The van der Waals surface area contributed by atoms with Crippen LogP contribution >= 0.6 is 0 Å². The number of hydrogen-bond acceptors (Lipinski definition) is 5. The van der Waals surface area contributed by atoms with Crippen molar-refractivity contribution in [3.8, 4) is 5.75 Å². The van der Waals surface area contributed by atoms with Crippen molar-refractivity contribution < 1.29 is 13.2 Å². The molecule has 0 aromatic heterocycles. The monoisotopic (exact) mass is 292 g/mol. The van der Waals surface area contributed by atoms with Gasteiger partial charge >= 0.3 is 0 Å². The van der Waals surface area contributed by atoms with E-state index in [9.17, 15) is 13.3 Å². The van der Waals surface area contributed by atoms with Gasteiger partial charge in [0.25, 0.3) is 10.0 Å². The molecule has 0 aliphatic carbocycles. The maximum atomic E-state index is 12.2. The molecule has 0 heterocycles. The van der Waals surface area contributed by atoms with E-state index >= 15 is 0 Å². The van der Waals surface area contributed by atoms with Gasteiger partial charge in [-0.2, -0.15) is 0 Å². The maximum absolute atomic E-state index is 12.2. The van der Waals surface area contributed by atoms with Gasteiger partial charge < -0.3 is 4.74 Å². The Balaban J connectivity index is 2.38. The summed E-state index contributed by atoms with van der Waals surface area (Å²) >= 11 is 0. The highest BCUT2D eigenvalue weighted by molar-refractivity contribution is 7.92. The van der Waals surface area contributed by atoms with Crippen molar-refractivity contribution in [2.75, 3.05) is 11.8 Å². The van der Waals surface area contributed by atoms with E-state index in [1.807, 2.05) is 0 Å². The quantitative estimate of drug-likeness (QED) is 0.859. The van der Waals surface area contributed by atoms with Crippen LogP contribution in [0.1, 0.15) is 0 Å². The molecule has 0 bridgehead atoms. The van der Waals surface area contributed by atoms with Gasteiger partial charge in [0.15, 0.2) is 0 Å². The number of ether oxygens (including phenoxy) is 1. The van der Waals surface area contributed by atoms with E-state index < -0.39 is 10.0 Å². The summed E-state index contributed by atoms with van der Waals surface area (Å²) in [5, 5.41) is 2.72. The lowest BCUT2D eigenvalue weighted by molar-refractivity contribution is 0.415. The fourth-order valence-electron chi connectivity index (χ4n) is 1.66. The molecule has 2 aromatic rings. The highest BCUT2D eigenvalue weighted by Gasteiger charge is 2.19. The largest absolute Gasteiger partial charge is 0.497 e. The van der Waals surface area contributed by atoms with E-state index in [2.05, 4.69) is 9.90 Å². The Morgan fingerprint density at radius 2 is 1.85 bits per heavy atom. The second-order valence-electron chi connectivity index (χ2n) is 3.90. The third kappa shape index (κ3) is 2.94. The second kappa shape index (κ2) is 5.70. The number of nitrogens with zero attached hydrogens (tertiary/aromatic N) is 1. The lowest BCUT2D eigenvalue weighted by Gasteiger charge is -2.10. The van der Waals surface area contributed by atoms with Crippen molar-refractivity contribution in [1.82, 2.24) is 0 Å². The first-order chi connectivity index (χ1) is 9.56. The molecule has 0 aliphatic heterocycles. The van der Waals surface area contributed by atoms with Gasteiger partial charge in [-0.25, -0.2) is 8.42 Å². The number of rotatable bonds is 5. The molecule has 6 nitrogen and oxygen atoms in total. The Bertz CT molecular complexity index is 729. The molecule has 0 saturated heterocycles. The molecule has 0 amide bonds. The van der Waals surface area contributed by atoms with Crippen LogP contribution in [-0.2, 0) is 10.0 Å². The van der Waals surface area contributed by atoms with Crippen molar-refractivity contribution in [2.45, 2.75) is 4.90 Å². The second-order valence-corrected chi connectivity index (χ2v) is 5.55. The van der Waals surface area contributed by atoms with Crippen LogP contribution < -0.4 is 9.46 Å². The molecule has 2 aromatic carbocycles. The Morgan fingerprint density at radius 1 is 1.10 bits per heavy atom. The van der Waals surface area contributed by atoms with Gasteiger partial charge in [0.1, 0.15) is 16.3 Å². The van der Waals surface area contributed by atoms with Gasteiger partial charge in [-0.15, -0.1) is 4.91 Å². The smallest absolute Gasteiger partial charge is 0.264 e. The van der Waals surface area contributed by atoms with Crippen molar-refractivity contribution >= 4 is 21.4 Å². The van der Waals surface area contributed by atoms with Crippen LogP contribution in [0.15, 0.2) is 58.6 Å².